The lowest BCUT2D eigenvalue weighted by molar-refractivity contribution is -0.121. The zero-order chi connectivity index (χ0) is 14.0. The molecule has 0 bridgehead atoms. The van der Waals surface area contributed by atoms with Crippen LogP contribution >= 0.6 is 0 Å². The molecule has 2 atom stereocenters. The van der Waals surface area contributed by atoms with Gasteiger partial charge in [-0.15, -0.1) is 0 Å². The van der Waals surface area contributed by atoms with E-state index in [0.717, 1.165) is 4.31 Å². The molecule has 0 aromatic rings. The van der Waals surface area contributed by atoms with Crippen molar-refractivity contribution in [3.8, 4) is 0 Å². The second-order valence-electron chi connectivity index (χ2n) is 4.56. The largest absolute Gasteiger partial charge is 0.402 e. The van der Waals surface area contributed by atoms with Gasteiger partial charge >= 0.3 is 6.18 Å². The Morgan fingerprint density at radius 3 is 2.56 bits per heavy atom. The molecule has 3 N–H and O–H groups in total. The zero-order valence-corrected chi connectivity index (χ0v) is 10.9. The number of rotatable bonds is 4. The van der Waals surface area contributed by atoms with Crippen molar-refractivity contribution >= 4 is 10.2 Å². The van der Waals surface area contributed by atoms with Crippen molar-refractivity contribution in [1.29, 1.82) is 0 Å². The minimum atomic E-state index is -4.55. The SMILES string of the molecule is CC1CCN(S(=O)(=O)NCC(F)(F)F)CC1CN. The van der Waals surface area contributed by atoms with Crippen molar-refractivity contribution in [2.24, 2.45) is 17.6 Å². The fraction of sp³-hybridized carbons (Fsp3) is 1.00. The summed E-state index contributed by atoms with van der Waals surface area (Å²) in [6, 6.07) is 0. The Labute approximate surface area is 105 Å². The molecule has 1 saturated heterocycles. The third kappa shape index (κ3) is 4.38. The second kappa shape index (κ2) is 5.72. The summed E-state index contributed by atoms with van der Waals surface area (Å²) in [5.41, 5.74) is 5.52. The molecule has 0 aromatic carbocycles. The van der Waals surface area contributed by atoms with Crippen LogP contribution in [0.2, 0.25) is 0 Å². The topological polar surface area (TPSA) is 75.4 Å². The Kier molecular flexibility index (Phi) is 4.98. The molecular weight excluding hydrogens is 271 g/mol. The van der Waals surface area contributed by atoms with Crippen LogP contribution in [0.25, 0.3) is 0 Å². The molecule has 108 valence electrons. The van der Waals surface area contributed by atoms with Gasteiger partial charge in [0.25, 0.3) is 10.2 Å². The van der Waals surface area contributed by atoms with Crippen LogP contribution in [0, 0.1) is 11.8 Å². The number of nitrogens with one attached hydrogen (secondary N) is 1. The molecule has 0 aliphatic carbocycles. The summed E-state index contributed by atoms with van der Waals surface area (Å²) in [6.45, 7) is 1.14. The minimum Gasteiger partial charge on any atom is -0.330 e. The molecule has 1 heterocycles. The number of piperidine rings is 1. The minimum absolute atomic E-state index is 0.0128. The summed E-state index contributed by atoms with van der Waals surface area (Å²) in [5.74, 6) is 0.269. The molecule has 1 fully saturated rings. The molecule has 2 unspecified atom stereocenters. The van der Waals surface area contributed by atoms with Crippen LogP contribution in [-0.2, 0) is 10.2 Å². The molecule has 0 saturated carbocycles. The highest BCUT2D eigenvalue weighted by Crippen LogP contribution is 2.24. The van der Waals surface area contributed by atoms with Crippen molar-refractivity contribution in [1.82, 2.24) is 9.03 Å². The van der Waals surface area contributed by atoms with Crippen LogP contribution in [0.15, 0.2) is 0 Å². The van der Waals surface area contributed by atoms with Gasteiger partial charge in [0.2, 0.25) is 0 Å². The molecule has 18 heavy (non-hydrogen) atoms. The summed E-state index contributed by atoms with van der Waals surface area (Å²) < 4.78 is 61.9. The lowest BCUT2D eigenvalue weighted by Crippen LogP contribution is -2.50. The molecule has 1 rings (SSSR count). The molecule has 1 aliphatic rings. The van der Waals surface area contributed by atoms with Crippen LogP contribution in [0.3, 0.4) is 0 Å². The van der Waals surface area contributed by atoms with Crippen molar-refractivity contribution in [2.75, 3.05) is 26.2 Å². The van der Waals surface area contributed by atoms with Crippen LogP contribution in [0.1, 0.15) is 13.3 Å². The average Bonchev–Trinajstić information content (AvgIpc) is 2.26. The lowest BCUT2D eigenvalue weighted by Gasteiger charge is -2.35. The maximum Gasteiger partial charge on any atom is 0.402 e. The van der Waals surface area contributed by atoms with Gasteiger partial charge in [-0.3, -0.25) is 0 Å². The molecule has 0 amide bonds. The highest BCUT2D eigenvalue weighted by atomic mass is 32.2. The molecule has 0 aromatic heterocycles. The molecule has 0 radical (unpaired) electrons. The van der Waals surface area contributed by atoms with E-state index in [1.165, 1.54) is 0 Å². The van der Waals surface area contributed by atoms with E-state index in [2.05, 4.69) is 0 Å². The number of halogens is 3. The number of nitrogens with zero attached hydrogens (tertiary/aromatic N) is 1. The standard InChI is InChI=1S/C9H18F3N3O2S/c1-7-2-3-15(5-8(7)4-13)18(16,17)14-6-9(10,11)12/h7-8,14H,2-6,13H2,1H3. The Balaban J connectivity index is 2.63. The highest BCUT2D eigenvalue weighted by molar-refractivity contribution is 7.87. The Hall–Kier alpha value is -0.380. The van der Waals surface area contributed by atoms with Gasteiger partial charge in [-0.25, -0.2) is 0 Å². The first-order chi connectivity index (χ1) is 8.15. The van der Waals surface area contributed by atoms with Gasteiger partial charge in [0, 0.05) is 13.1 Å². The first kappa shape index (κ1) is 15.7. The van der Waals surface area contributed by atoms with E-state index in [9.17, 15) is 21.6 Å². The first-order valence-electron chi connectivity index (χ1n) is 5.67. The molecular formula is C9H18F3N3O2S. The molecule has 1 aliphatic heterocycles. The summed E-state index contributed by atoms with van der Waals surface area (Å²) in [6.07, 6.45) is -3.95. The van der Waals surface area contributed by atoms with Gasteiger partial charge in [0.15, 0.2) is 0 Å². The normalized spacial score (nSPS) is 27.4. The van der Waals surface area contributed by atoms with E-state index in [-0.39, 0.29) is 24.9 Å². The highest BCUT2D eigenvalue weighted by Gasteiger charge is 2.35. The maximum atomic E-state index is 12.0. The van der Waals surface area contributed by atoms with Crippen molar-refractivity contribution in [3.63, 3.8) is 0 Å². The summed E-state index contributed by atoms with van der Waals surface area (Å²) in [4.78, 5) is 0. The first-order valence-corrected chi connectivity index (χ1v) is 7.11. The van der Waals surface area contributed by atoms with Gasteiger partial charge in [-0.1, -0.05) is 6.92 Å². The zero-order valence-electron chi connectivity index (χ0n) is 10.1. The average molecular weight is 289 g/mol. The fourth-order valence-electron chi connectivity index (χ4n) is 1.91. The number of alkyl halides is 3. The van der Waals surface area contributed by atoms with Gasteiger partial charge in [0.05, 0.1) is 0 Å². The Bertz CT molecular complexity index is 372. The smallest absolute Gasteiger partial charge is 0.330 e. The molecule has 9 heteroatoms. The predicted octanol–water partition coefficient (Wildman–Crippen LogP) is 0.300. The van der Waals surface area contributed by atoms with Crippen LogP contribution < -0.4 is 10.5 Å². The summed E-state index contributed by atoms with van der Waals surface area (Å²) in [7, 11) is -4.08. The van der Waals surface area contributed by atoms with E-state index < -0.39 is 22.9 Å². The predicted molar refractivity (Wildman–Crippen MR) is 60.9 cm³/mol. The quantitative estimate of drug-likeness (QED) is 0.781. The van der Waals surface area contributed by atoms with Crippen LogP contribution in [-0.4, -0.2) is 45.1 Å². The lowest BCUT2D eigenvalue weighted by atomic mass is 9.88. The van der Waals surface area contributed by atoms with E-state index in [0.29, 0.717) is 13.0 Å². The maximum absolute atomic E-state index is 12.0. The Morgan fingerprint density at radius 1 is 1.44 bits per heavy atom. The second-order valence-corrected chi connectivity index (χ2v) is 6.32. The van der Waals surface area contributed by atoms with Crippen LogP contribution in [0.5, 0.6) is 0 Å². The van der Waals surface area contributed by atoms with Crippen molar-refractivity contribution in [3.05, 3.63) is 0 Å². The van der Waals surface area contributed by atoms with Gasteiger partial charge < -0.3 is 5.73 Å². The summed E-state index contributed by atoms with van der Waals surface area (Å²) in [5, 5.41) is 0. The van der Waals surface area contributed by atoms with Gasteiger partial charge in [-0.2, -0.15) is 30.6 Å². The molecule has 5 nitrogen and oxygen atoms in total. The summed E-state index contributed by atoms with van der Waals surface area (Å²) >= 11 is 0. The fourth-order valence-corrected chi connectivity index (χ4v) is 3.17. The van der Waals surface area contributed by atoms with Crippen molar-refractivity contribution < 1.29 is 21.6 Å². The third-order valence-electron chi connectivity index (χ3n) is 3.17. The number of nitrogens with two attached hydrogens (primary N) is 1. The van der Waals surface area contributed by atoms with Crippen molar-refractivity contribution in [2.45, 2.75) is 19.5 Å². The van der Waals surface area contributed by atoms with E-state index in [1.54, 1.807) is 4.72 Å². The van der Waals surface area contributed by atoms with E-state index in [1.807, 2.05) is 6.92 Å². The monoisotopic (exact) mass is 289 g/mol. The molecule has 0 spiro atoms. The van der Waals surface area contributed by atoms with Gasteiger partial charge in [0.1, 0.15) is 6.54 Å². The number of hydrogen-bond acceptors (Lipinski definition) is 3. The Morgan fingerprint density at radius 2 is 2.06 bits per heavy atom. The van der Waals surface area contributed by atoms with Crippen LogP contribution in [0.4, 0.5) is 13.2 Å². The number of hydrogen-bond donors (Lipinski definition) is 2. The third-order valence-corrected chi connectivity index (χ3v) is 4.70. The van der Waals surface area contributed by atoms with Gasteiger partial charge in [-0.05, 0) is 24.8 Å². The van der Waals surface area contributed by atoms with E-state index >= 15 is 0 Å². The van der Waals surface area contributed by atoms with E-state index in [4.69, 9.17) is 5.73 Å².